The summed E-state index contributed by atoms with van der Waals surface area (Å²) < 4.78 is 17.7. The zero-order valence-corrected chi connectivity index (χ0v) is 10.8. The van der Waals surface area contributed by atoms with Gasteiger partial charge in [0.1, 0.15) is 11.4 Å². The maximum absolute atomic E-state index is 13.0. The summed E-state index contributed by atoms with van der Waals surface area (Å²) in [6.07, 6.45) is 0. The molecule has 1 rings (SSSR count). The minimum Gasteiger partial charge on any atom is -0.467 e. The molecule has 3 nitrogen and oxygen atoms in total. The fraction of sp³-hybridized carbons (Fsp3) is 0.417. The molecule has 0 amide bonds. The fourth-order valence-electron chi connectivity index (χ4n) is 1.73. The molecule has 0 aliphatic rings. The van der Waals surface area contributed by atoms with Crippen molar-refractivity contribution in [3.8, 4) is 0 Å². The lowest BCUT2D eigenvalue weighted by molar-refractivity contribution is -0.148. The van der Waals surface area contributed by atoms with Crippen molar-refractivity contribution in [2.45, 2.75) is 19.4 Å². The van der Waals surface area contributed by atoms with Crippen molar-refractivity contribution in [2.75, 3.05) is 13.7 Å². The summed E-state index contributed by atoms with van der Waals surface area (Å²) in [6, 6.07) is 3.92. The summed E-state index contributed by atoms with van der Waals surface area (Å²) in [7, 11) is 1.30. The van der Waals surface area contributed by atoms with Crippen LogP contribution in [0.1, 0.15) is 19.4 Å². The Labute approximate surface area is 105 Å². The highest BCUT2D eigenvalue weighted by Crippen LogP contribution is 2.29. The molecule has 0 fully saturated rings. The number of hydrogen-bond donors (Lipinski definition) is 1. The van der Waals surface area contributed by atoms with Gasteiger partial charge >= 0.3 is 5.97 Å². The first-order valence-electron chi connectivity index (χ1n) is 5.24. The second kappa shape index (κ2) is 5.47. The van der Waals surface area contributed by atoms with Crippen LogP contribution in [-0.2, 0) is 15.1 Å². The molecule has 0 saturated heterocycles. The third-order valence-corrected chi connectivity index (χ3v) is 2.91. The van der Waals surface area contributed by atoms with E-state index in [1.165, 1.54) is 25.3 Å². The van der Waals surface area contributed by atoms with Crippen LogP contribution < -0.4 is 5.32 Å². The smallest absolute Gasteiger partial charge is 0.330 e. The molecule has 0 aromatic heterocycles. The van der Waals surface area contributed by atoms with Crippen molar-refractivity contribution in [2.24, 2.45) is 0 Å². The lowest BCUT2D eigenvalue weighted by atomic mass is 9.92. The van der Waals surface area contributed by atoms with Gasteiger partial charge in [-0.05, 0) is 25.6 Å². The van der Waals surface area contributed by atoms with E-state index in [9.17, 15) is 9.18 Å². The van der Waals surface area contributed by atoms with Gasteiger partial charge in [-0.1, -0.05) is 24.6 Å². The summed E-state index contributed by atoms with van der Waals surface area (Å²) in [4.78, 5) is 11.8. The van der Waals surface area contributed by atoms with Gasteiger partial charge in [0.15, 0.2) is 0 Å². The van der Waals surface area contributed by atoms with E-state index in [-0.39, 0.29) is 5.02 Å². The lowest BCUT2D eigenvalue weighted by Crippen LogP contribution is -2.47. The third-order valence-electron chi connectivity index (χ3n) is 2.59. The van der Waals surface area contributed by atoms with Crippen LogP contribution in [0.5, 0.6) is 0 Å². The average molecular weight is 260 g/mol. The van der Waals surface area contributed by atoms with Crippen LogP contribution in [0.25, 0.3) is 0 Å². The van der Waals surface area contributed by atoms with Crippen molar-refractivity contribution in [3.05, 3.63) is 34.6 Å². The number of carbonyl (C=O) groups is 1. The van der Waals surface area contributed by atoms with Crippen LogP contribution in [0.15, 0.2) is 18.2 Å². The molecule has 1 atom stereocenters. The molecule has 17 heavy (non-hydrogen) atoms. The van der Waals surface area contributed by atoms with Crippen molar-refractivity contribution in [1.82, 2.24) is 5.32 Å². The second-order valence-electron chi connectivity index (χ2n) is 3.77. The number of hydrogen-bond acceptors (Lipinski definition) is 3. The molecule has 1 unspecified atom stereocenters. The van der Waals surface area contributed by atoms with Gasteiger partial charge in [0.05, 0.1) is 7.11 Å². The normalized spacial score (nSPS) is 14.2. The summed E-state index contributed by atoms with van der Waals surface area (Å²) in [6.45, 7) is 4.07. The molecule has 0 aliphatic carbocycles. The van der Waals surface area contributed by atoms with Gasteiger partial charge in [-0.2, -0.15) is 0 Å². The van der Waals surface area contributed by atoms with Gasteiger partial charge in [0.2, 0.25) is 0 Å². The molecule has 1 aromatic rings. The standard InChI is InChI=1S/C12H15ClFNO2/c1-4-15-12(2,11(16)17-3)9-6-5-8(14)7-10(9)13/h5-7,15H,4H2,1-3H3. The monoisotopic (exact) mass is 259 g/mol. The number of nitrogens with one attached hydrogen (secondary N) is 1. The summed E-state index contributed by atoms with van der Waals surface area (Å²) in [5, 5.41) is 3.20. The average Bonchev–Trinajstić information content (AvgIpc) is 2.27. The zero-order valence-electron chi connectivity index (χ0n) is 10.0. The number of carbonyl (C=O) groups excluding carboxylic acids is 1. The first-order valence-corrected chi connectivity index (χ1v) is 5.62. The highest BCUT2D eigenvalue weighted by atomic mass is 35.5. The van der Waals surface area contributed by atoms with Crippen LogP contribution >= 0.6 is 11.6 Å². The van der Waals surface area contributed by atoms with Crippen LogP contribution in [0.3, 0.4) is 0 Å². The van der Waals surface area contributed by atoms with Crippen molar-refractivity contribution >= 4 is 17.6 Å². The molecule has 0 saturated carbocycles. The Balaban J connectivity index is 3.26. The topological polar surface area (TPSA) is 38.3 Å². The molecule has 0 aliphatic heterocycles. The quantitative estimate of drug-likeness (QED) is 0.845. The molecule has 1 aromatic carbocycles. The number of likely N-dealkylation sites (N-methyl/N-ethyl adjacent to an activating group) is 1. The minimum atomic E-state index is -1.08. The van der Waals surface area contributed by atoms with Crippen molar-refractivity contribution < 1.29 is 13.9 Å². The van der Waals surface area contributed by atoms with E-state index < -0.39 is 17.3 Å². The van der Waals surface area contributed by atoms with Gasteiger partial charge < -0.3 is 4.74 Å². The fourth-order valence-corrected chi connectivity index (χ4v) is 2.09. The Morgan fingerprint density at radius 1 is 1.59 bits per heavy atom. The molecule has 0 heterocycles. The van der Waals surface area contributed by atoms with Crippen LogP contribution in [0.2, 0.25) is 5.02 Å². The highest BCUT2D eigenvalue weighted by molar-refractivity contribution is 6.31. The molecular weight excluding hydrogens is 245 g/mol. The number of esters is 1. The largest absolute Gasteiger partial charge is 0.467 e. The maximum Gasteiger partial charge on any atom is 0.330 e. The predicted octanol–water partition coefficient (Wildman–Crippen LogP) is 2.48. The number of ether oxygens (including phenoxy) is 1. The second-order valence-corrected chi connectivity index (χ2v) is 4.18. The van der Waals surface area contributed by atoms with E-state index in [2.05, 4.69) is 5.32 Å². The first kappa shape index (κ1) is 13.9. The van der Waals surface area contributed by atoms with Crippen LogP contribution in [0, 0.1) is 5.82 Å². The number of rotatable bonds is 4. The Bertz CT molecular complexity index is 425. The minimum absolute atomic E-state index is 0.193. The zero-order chi connectivity index (χ0) is 13.1. The molecule has 0 radical (unpaired) electrons. The Kier molecular flexibility index (Phi) is 4.48. The summed E-state index contributed by atoms with van der Waals surface area (Å²) >= 11 is 5.96. The number of benzene rings is 1. The van der Waals surface area contributed by atoms with E-state index in [0.717, 1.165) is 0 Å². The van der Waals surface area contributed by atoms with E-state index >= 15 is 0 Å². The molecule has 5 heteroatoms. The molecule has 0 bridgehead atoms. The van der Waals surface area contributed by atoms with Crippen molar-refractivity contribution in [3.63, 3.8) is 0 Å². The summed E-state index contributed by atoms with van der Waals surface area (Å²) in [5.41, 5.74) is -0.580. The van der Waals surface area contributed by atoms with E-state index in [0.29, 0.717) is 12.1 Å². The van der Waals surface area contributed by atoms with Gasteiger partial charge in [0.25, 0.3) is 0 Å². The SMILES string of the molecule is CCNC(C)(C(=O)OC)c1ccc(F)cc1Cl. The Morgan fingerprint density at radius 3 is 2.71 bits per heavy atom. The molecule has 1 N–H and O–H groups in total. The maximum atomic E-state index is 13.0. The highest BCUT2D eigenvalue weighted by Gasteiger charge is 2.37. The Hall–Kier alpha value is -1.13. The van der Waals surface area contributed by atoms with E-state index in [1.54, 1.807) is 6.92 Å². The third kappa shape index (κ3) is 2.76. The summed E-state index contributed by atoms with van der Waals surface area (Å²) in [5.74, 6) is -0.907. The van der Waals surface area contributed by atoms with Gasteiger partial charge in [0, 0.05) is 10.6 Å². The van der Waals surface area contributed by atoms with E-state index in [4.69, 9.17) is 16.3 Å². The van der Waals surface area contributed by atoms with Crippen LogP contribution in [0.4, 0.5) is 4.39 Å². The van der Waals surface area contributed by atoms with Gasteiger partial charge in [-0.25, -0.2) is 9.18 Å². The van der Waals surface area contributed by atoms with Crippen LogP contribution in [-0.4, -0.2) is 19.6 Å². The van der Waals surface area contributed by atoms with Gasteiger partial charge in [-0.15, -0.1) is 0 Å². The predicted molar refractivity (Wildman–Crippen MR) is 64.5 cm³/mol. The number of methoxy groups -OCH3 is 1. The lowest BCUT2D eigenvalue weighted by Gasteiger charge is -2.28. The van der Waals surface area contributed by atoms with E-state index in [1.807, 2.05) is 6.92 Å². The molecule has 94 valence electrons. The van der Waals surface area contributed by atoms with Crippen molar-refractivity contribution in [1.29, 1.82) is 0 Å². The Morgan fingerprint density at radius 2 is 2.24 bits per heavy atom. The molecular formula is C12H15ClFNO2. The van der Waals surface area contributed by atoms with Gasteiger partial charge in [-0.3, -0.25) is 5.32 Å². The number of halogens is 2. The first-order chi connectivity index (χ1) is 7.95. The molecule has 0 spiro atoms.